The van der Waals surface area contributed by atoms with Crippen LogP contribution in [0.2, 0.25) is 5.82 Å². The Balaban J connectivity index is 2.74. The molecule has 1 aliphatic heterocycles. The molecule has 2 radical (unpaired) electrons. The molecular weight excluding hydrogens is 369 g/mol. The van der Waals surface area contributed by atoms with Crippen LogP contribution < -0.4 is 11.1 Å². The minimum atomic E-state index is -0.786. The second-order valence-electron chi connectivity index (χ2n) is 8.22. The molecule has 29 heavy (non-hydrogen) atoms. The van der Waals surface area contributed by atoms with Crippen LogP contribution in [0.1, 0.15) is 52.9 Å². The van der Waals surface area contributed by atoms with Gasteiger partial charge in [0.2, 0.25) is 11.8 Å². The number of hydrogen-bond donors (Lipinski definition) is 2. The molecule has 0 saturated carbocycles. The largest absolute Gasteiger partial charge is 0.467 e. The first-order valence-electron chi connectivity index (χ1n) is 10.5. The quantitative estimate of drug-likeness (QED) is 0.309. The molecule has 1 unspecified atom stereocenters. The minimum absolute atomic E-state index is 0.271. The summed E-state index contributed by atoms with van der Waals surface area (Å²) in [6, 6.07) is -1.39. The van der Waals surface area contributed by atoms with Crippen molar-refractivity contribution >= 4 is 25.6 Å². The van der Waals surface area contributed by atoms with Gasteiger partial charge < -0.3 is 20.7 Å². The second kappa shape index (κ2) is 12.7. The third-order valence-electron chi connectivity index (χ3n) is 5.11. The number of methoxy groups -OCH3 is 1. The van der Waals surface area contributed by atoms with Gasteiger partial charge in [0, 0.05) is 12.4 Å². The number of amides is 2. The van der Waals surface area contributed by atoms with Crippen molar-refractivity contribution in [2.75, 3.05) is 20.2 Å². The van der Waals surface area contributed by atoms with E-state index in [1.165, 1.54) is 12.0 Å². The molecule has 1 saturated heterocycles. The van der Waals surface area contributed by atoms with E-state index in [0.29, 0.717) is 44.2 Å². The Kier molecular flexibility index (Phi) is 11.0. The Bertz CT molecular complexity index is 582. The van der Waals surface area contributed by atoms with Gasteiger partial charge >= 0.3 is 5.97 Å². The van der Waals surface area contributed by atoms with Crippen LogP contribution in [0.3, 0.4) is 0 Å². The highest BCUT2D eigenvalue weighted by atomic mass is 16.5. The monoisotopic (exact) mass is 405 g/mol. The highest BCUT2D eigenvalue weighted by Gasteiger charge is 2.36. The lowest BCUT2D eigenvalue weighted by atomic mass is 9.84. The molecule has 7 nitrogen and oxygen atoms in total. The number of allylic oxidation sites excluding steroid dienone is 1. The summed E-state index contributed by atoms with van der Waals surface area (Å²) in [5, 5.41) is 2.72. The van der Waals surface area contributed by atoms with Crippen LogP contribution in [0.15, 0.2) is 12.2 Å². The fraction of sp³-hybridized carbons (Fsp3) is 0.762. The molecule has 0 bridgehead atoms. The molecule has 0 aliphatic carbocycles. The molecule has 1 aliphatic rings. The Morgan fingerprint density at radius 2 is 1.97 bits per heavy atom. The van der Waals surface area contributed by atoms with Crippen LogP contribution in [0.4, 0.5) is 0 Å². The first kappa shape index (κ1) is 25.2. The average molecular weight is 405 g/mol. The van der Waals surface area contributed by atoms with Gasteiger partial charge in [0.25, 0.3) is 0 Å². The molecule has 0 aromatic heterocycles. The molecule has 8 heteroatoms. The van der Waals surface area contributed by atoms with E-state index in [-0.39, 0.29) is 11.8 Å². The normalized spacial score (nSPS) is 19.9. The zero-order valence-electron chi connectivity index (χ0n) is 18.2. The number of carbonyl (C=O) groups excluding carboxylic acids is 3. The third-order valence-corrected chi connectivity index (χ3v) is 5.11. The summed E-state index contributed by atoms with van der Waals surface area (Å²) < 4.78 is 4.76. The fourth-order valence-corrected chi connectivity index (χ4v) is 3.69. The maximum Gasteiger partial charge on any atom is 0.328 e. The lowest BCUT2D eigenvalue weighted by Gasteiger charge is -2.27. The SMILES string of the molecule is [B][C@@H](/C=C/C(C)CC(C)C)C(=O)N1CCC[C@H]1C(=O)N[C@@H](CCCN)C(=O)OC. The molecule has 3 N–H and O–H groups in total. The van der Waals surface area contributed by atoms with Crippen LogP contribution in [0, 0.1) is 11.8 Å². The van der Waals surface area contributed by atoms with E-state index in [1.54, 1.807) is 6.08 Å². The zero-order valence-corrected chi connectivity index (χ0v) is 18.2. The zero-order chi connectivity index (χ0) is 22.0. The van der Waals surface area contributed by atoms with Gasteiger partial charge in [0.05, 0.1) is 15.0 Å². The molecule has 4 atom stereocenters. The summed E-state index contributed by atoms with van der Waals surface area (Å²) in [6.07, 6.45) is 6.94. The minimum Gasteiger partial charge on any atom is -0.467 e. The van der Waals surface area contributed by atoms with Crippen LogP contribution in [0.5, 0.6) is 0 Å². The highest BCUT2D eigenvalue weighted by molar-refractivity contribution is 6.25. The summed E-state index contributed by atoms with van der Waals surface area (Å²) in [6.45, 7) is 7.28. The van der Waals surface area contributed by atoms with Crippen molar-refractivity contribution in [1.82, 2.24) is 10.2 Å². The Morgan fingerprint density at radius 3 is 2.55 bits per heavy atom. The van der Waals surface area contributed by atoms with Crippen molar-refractivity contribution in [3.63, 3.8) is 0 Å². The van der Waals surface area contributed by atoms with E-state index in [2.05, 4.69) is 26.1 Å². The highest BCUT2D eigenvalue weighted by Crippen LogP contribution is 2.23. The van der Waals surface area contributed by atoms with Crippen molar-refractivity contribution in [3.8, 4) is 0 Å². The van der Waals surface area contributed by atoms with Gasteiger partial charge in [-0.3, -0.25) is 9.59 Å². The number of likely N-dealkylation sites (tertiary alicyclic amines) is 1. The Labute approximate surface area is 176 Å². The molecule has 2 amide bonds. The summed E-state index contributed by atoms with van der Waals surface area (Å²) >= 11 is 0. The van der Waals surface area contributed by atoms with Crippen molar-refractivity contribution in [3.05, 3.63) is 12.2 Å². The second-order valence-corrected chi connectivity index (χ2v) is 8.22. The number of rotatable bonds is 11. The van der Waals surface area contributed by atoms with Crippen molar-refractivity contribution < 1.29 is 19.1 Å². The van der Waals surface area contributed by atoms with Crippen molar-refractivity contribution in [2.45, 2.75) is 70.8 Å². The van der Waals surface area contributed by atoms with Crippen molar-refractivity contribution in [1.29, 1.82) is 0 Å². The molecule has 0 aromatic carbocycles. The predicted molar refractivity (Wildman–Crippen MR) is 114 cm³/mol. The Morgan fingerprint density at radius 1 is 1.28 bits per heavy atom. The summed E-state index contributed by atoms with van der Waals surface area (Å²) in [7, 11) is 7.36. The van der Waals surface area contributed by atoms with E-state index < -0.39 is 23.9 Å². The van der Waals surface area contributed by atoms with E-state index >= 15 is 0 Å². The summed E-state index contributed by atoms with van der Waals surface area (Å²) in [4.78, 5) is 39.0. The number of nitrogens with one attached hydrogen (secondary N) is 1. The molecular formula is C21H36BN3O4. The van der Waals surface area contributed by atoms with Gasteiger partial charge in [0.15, 0.2) is 0 Å². The number of ether oxygens (including phenoxy) is 1. The van der Waals surface area contributed by atoms with Crippen LogP contribution >= 0.6 is 0 Å². The standard InChI is InChI=1S/C21H36BN3O4/c1-14(2)13-15(3)9-10-16(22)20(27)25-12-6-8-18(25)19(26)24-17(7-5-11-23)21(28)29-4/h9-10,14-18H,5-8,11-13,23H2,1-4H3,(H,24,26)/b10-9+/t15?,16-,17-,18-/m0/s1. The molecule has 1 heterocycles. The topological polar surface area (TPSA) is 102 Å². The van der Waals surface area contributed by atoms with Crippen LogP contribution in [-0.4, -0.2) is 62.8 Å². The number of nitrogens with two attached hydrogens (primary N) is 1. The predicted octanol–water partition coefficient (Wildman–Crippen LogP) is 1.57. The fourth-order valence-electron chi connectivity index (χ4n) is 3.69. The van der Waals surface area contributed by atoms with Gasteiger partial charge in [-0.2, -0.15) is 0 Å². The molecule has 162 valence electrons. The maximum atomic E-state index is 12.8. The van der Waals surface area contributed by atoms with E-state index in [4.69, 9.17) is 18.3 Å². The number of esters is 1. The number of carbonyl (C=O) groups is 3. The van der Waals surface area contributed by atoms with Gasteiger partial charge in [0.1, 0.15) is 12.1 Å². The first-order valence-corrected chi connectivity index (χ1v) is 10.5. The van der Waals surface area contributed by atoms with Gasteiger partial charge in [-0.05, 0) is 50.5 Å². The third kappa shape index (κ3) is 8.21. The Hall–Kier alpha value is -1.83. The molecule has 1 fully saturated rings. The van der Waals surface area contributed by atoms with E-state index in [1.807, 2.05) is 6.08 Å². The smallest absolute Gasteiger partial charge is 0.328 e. The molecule has 0 aromatic rings. The van der Waals surface area contributed by atoms with Crippen LogP contribution in [0.25, 0.3) is 0 Å². The van der Waals surface area contributed by atoms with E-state index in [0.717, 1.165) is 12.8 Å². The van der Waals surface area contributed by atoms with Crippen LogP contribution in [-0.2, 0) is 19.1 Å². The number of nitrogens with zero attached hydrogens (tertiary/aromatic N) is 1. The summed E-state index contributed by atoms with van der Waals surface area (Å²) in [5.74, 6) is -1.03. The number of hydrogen-bond acceptors (Lipinski definition) is 5. The first-order chi connectivity index (χ1) is 13.7. The van der Waals surface area contributed by atoms with Crippen molar-refractivity contribution in [2.24, 2.45) is 17.6 Å². The lowest BCUT2D eigenvalue weighted by Crippen LogP contribution is -2.51. The maximum absolute atomic E-state index is 12.8. The van der Waals surface area contributed by atoms with E-state index in [9.17, 15) is 14.4 Å². The van der Waals surface area contributed by atoms with Gasteiger partial charge in [-0.1, -0.05) is 32.9 Å². The van der Waals surface area contributed by atoms with Gasteiger partial charge in [-0.15, -0.1) is 0 Å². The van der Waals surface area contributed by atoms with Gasteiger partial charge in [-0.25, -0.2) is 4.79 Å². The molecule has 0 spiro atoms. The summed E-state index contributed by atoms with van der Waals surface area (Å²) in [5.41, 5.74) is 5.50. The molecule has 1 rings (SSSR count). The lowest BCUT2D eigenvalue weighted by molar-refractivity contribution is -0.146. The average Bonchev–Trinajstić information content (AvgIpc) is 3.17.